The summed E-state index contributed by atoms with van der Waals surface area (Å²) in [5, 5.41) is 12.4. The Kier molecular flexibility index (Phi) is 6.55. The van der Waals surface area contributed by atoms with E-state index in [1.54, 1.807) is 60.1 Å². The Hall–Kier alpha value is -4.03. The van der Waals surface area contributed by atoms with Gasteiger partial charge in [-0.05, 0) is 35.9 Å². The molecule has 0 atom stereocenters. The van der Waals surface area contributed by atoms with Gasteiger partial charge in [-0.15, -0.1) is 11.3 Å². The third kappa shape index (κ3) is 4.70. The number of rotatable bonds is 5. The van der Waals surface area contributed by atoms with Crippen LogP contribution in [0.1, 0.15) is 17.0 Å². The SMILES string of the molecule is O=c1c2cc(-c3nccs3)ccc2nc(Cc2ccccc2)n1-c1ccc(C(O)(C(F)(F)F)C(F)(F)F)cc1. The molecule has 3 aromatic carbocycles. The van der Waals surface area contributed by atoms with Crippen molar-refractivity contribution < 1.29 is 31.4 Å². The molecule has 0 radical (unpaired) electrons. The fourth-order valence-corrected chi connectivity index (χ4v) is 4.87. The standard InChI is InChI=1S/C27H17F6N3O2S/c28-26(29,30)25(38,27(31,32)33)18-7-9-19(10-8-18)36-22(14-16-4-2-1-3-5-16)35-21-11-6-17(15-20(21)24(36)37)23-34-12-13-39-23/h1-13,15,38H,14H2. The number of hydrogen-bond acceptors (Lipinski definition) is 5. The molecule has 0 aliphatic rings. The topological polar surface area (TPSA) is 68.0 Å². The molecule has 39 heavy (non-hydrogen) atoms. The number of halogens is 6. The number of aliphatic hydroxyl groups is 1. The van der Waals surface area contributed by atoms with Gasteiger partial charge in [0.05, 0.1) is 16.6 Å². The van der Waals surface area contributed by atoms with Gasteiger partial charge in [-0.2, -0.15) is 26.3 Å². The van der Waals surface area contributed by atoms with Crippen LogP contribution in [0.4, 0.5) is 26.3 Å². The molecule has 5 rings (SSSR count). The summed E-state index contributed by atoms with van der Waals surface area (Å²) in [6.45, 7) is 0. The summed E-state index contributed by atoms with van der Waals surface area (Å²) < 4.78 is 81.4. The van der Waals surface area contributed by atoms with Crippen LogP contribution in [0.2, 0.25) is 0 Å². The molecule has 12 heteroatoms. The highest BCUT2D eigenvalue weighted by Crippen LogP contribution is 2.50. The number of thiazole rings is 1. The third-order valence-corrected chi connectivity index (χ3v) is 7.01. The normalized spacial score (nSPS) is 12.7. The Morgan fingerprint density at radius 2 is 1.54 bits per heavy atom. The summed E-state index contributed by atoms with van der Waals surface area (Å²) in [6.07, 6.45) is -10.3. The molecule has 0 bridgehead atoms. The molecular weight excluding hydrogens is 544 g/mol. The van der Waals surface area contributed by atoms with E-state index in [1.165, 1.54) is 11.3 Å². The van der Waals surface area contributed by atoms with Crippen molar-refractivity contribution in [3.63, 3.8) is 0 Å². The van der Waals surface area contributed by atoms with Crippen molar-refractivity contribution in [3.8, 4) is 16.3 Å². The zero-order valence-electron chi connectivity index (χ0n) is 19.7. The van der Waals surface area contributed by atoms with Crippen LogP contribution in [0.15, 0.2) is 89.2 Å². The van der Waals surface area contributed by atoms with Crippen molar-refractivity contribution in [1.29, 1.82) is 0 Å². The minimum atomic E-state index is -6.03. The fraction of sp³-hybridized carbons (Fsp3) is 0.148. The van der Waals surface area contributed by atoms with Gasteiger partial charge in [0.2, 0.25) is 0 Å². The predicted octanol–water partition coefficient (Wildman–Crippen LogP) is 6.41. The van der Waals surface area contributed by atoms with Crippen LogP contribution in [0.25, 0.3) is 27.2 Å². The first-order valence-corrected chi connectivity index (χ1v) is 12.2. The van der Waals surface area contributed by atoms with Crippen LogP contribution in [0.5, 0.6) is 0 Å². The number of alkyl halides is 6. The van der Waals surface area contributed by atoms with Crippen molar-refractivity contribution >= 4 is 22.2 Å². The second-order valence-corrected chi connectivity index (χ2v) is 9.55. The Morgan fingerprint density at radius 3 is 2.13 bits per heavy atom. The summed E-state index contributed by atoms with van der Waals surface area (Å²) in [4.78, 5) is 22.6. The van der Waals surface area contributed by atoms with E-state index in [0.717, 1.165) is 22.3 Å². The molecule has 0 spiro atoms. The van der Waals surface area contributed by atoms with Crippen molar-refractivity contribution in [2.75, 3.05) is 0 Å². The second-order valence-electron chi connectivity index (χ2n) is 8.65. The van der Waals surface area contributed by atoms with Crippen LogP contribution in [-0.4, -0.2) is 32.0 Å². The molecule has 1 N–H and O–H groups in total. The molecule has 0 fully saturated rings. The molecule has 5 aromatic rings. The quantitative estimate of drug-likeness (QED) is 0.252. The number of hydrogen-bond donors (Lipinski definition) is 1. The number of aromatic nitrogens is 3. The van der Waals surface area contributed by atoms with Gasteiger partial charge in [0.15, 0.2) is 0 Å². The van der Waals surface area contributed by atoms with Gasteiger partial charge in [0.1, 0.15) is 10.8 Å². The molecular formula is C27H17F6N3O2S. The molecule has 0 unspecified atom stereocenters. The first-order valence-electron chi connectivity index (χ1n) is 11.4. The molecule has 0 aliphatic heterocycles. The summed E-state index contributed by atoms with van der Waals surface area (Å²) in [5.74, 6) is 0.218. The van der Waals surface area contributed by atoms with Crippen molar-refractivity contribution in [1.82, 2.24) is 14.5 Å². The van der Waals surface area contributed by atoms with Crippen LogP contribution < -0.4 is 5.56 Å². The van der Waals surface area contributed by atoms with Crippen LogP contribution in [0.3, 0.4) is 0 Å². The molecule has 200 valence electrons. The molecule has 0 saturated heterocycles. The summed E-state index contributed by atoms with van der Waals surface area (Å²) >= 11 is 1.36. The van der Waals surface area contributed by atoms with Gasteiger partial charge in [-0.25, -0.2) is 9.97 Å². The van der Waals surface area contributed by atoms with Crippen LogP contribution in [0, 0.1) is 0 Å². The average Bonchev–Trinajstić information content (AvgIpc) is 3.43. The Bertz CT molecular complexity index is 1670. The fourth-order valence-electron chi connectivity index (χ4n) is 4.23. The molecule has 2 aromatic heterocycles. The zero-order chi connectivity index (χ0) is 28.0. The van der Waals surface area contributed by atoms with E-state index in [4.69, 9.17) is 0 Å². The van der Waals surface area contributed by atoms with Crippen LogP contribution in [-0.2, 0) is 12.0 Å². The average molecular weight is 562 g/mol. The van der Waals surface area contributed by atoms with Crippen molar-refractivity contribution in [3.05, 3.63) is 112 Å². The summed E-state index contributed by atoms with van der Waals surface area (Å²) in [5.41, 5.74) is -5.31. The first-order chi connectivity index (χ1) is 18.4. The molecule has 0 aliphatic carbocycles. The van der Waals surface area contributed by atoms with Gasteiger partial charge in [-0.3, -0.25) is 9.36 Å². The van der Waals surface area contributed by atoms with Crippen molar-refractivity contribution in [2.45, 2.75) is 24.4 Å². The minimum Gasteiger partial charge on any atom is -0.369 e. The maximum absolute atomic E-state index is 13.8. The zero-order valence-corrected chi connectivity index (χ0v) is 20.5. The maximum Gasteiger partial charge on any atom is 0.430 e. The smallest absolute Gasteiger partial charge is 0.369 e. The lowest BCUT2D eigenvalue weighted by Crippen LogP contribution is -2.53. The Morgan fingerprint density at radius 1 is 0.872 bits per heavy atom. The lowest BCUT2D eigenvalue weighted by Gasteiger charge is -2.32. The molecule has 0 saturated carbocycles. The van der Waals surface area contributed by atoms with Gasteiger partial charge in [-0.1, -0.05) is 42.5 Å². The van der Waals surface area contributed by atoms with Gasteiger partial charge in [0.25, 0.3) is 11.2 Å². The monoisotopic (exact) mass is 561 g/mol. The number of nitrogens with zero attached hydrogens (tertiary/aromatic N) is 3. The number of fused-ring (bicyclic) bond motifs is 1. The van der Waals surface area contributed by atoms with Gasteiger partial charge >= 0.3 is 12.4 Å². The largest absolute Gasteiger partial charge is 0.430 e. The molecule has 2 heterocycles. The second kappa shape index (κ2) is 9.62. The van der Waals surface area contributed by atoms with E-state index in [9.17, 15) is 36.2 Å². The highest BCUT2D eigenvalue weighted by Gasteiger charge is 2.71. The Labute approximate surface area is 220 Å². The maximum atomic E-state index is 13.8. The van der Waals surface area contributed by atoms with E-state index in [1.807, 2.05) is 0 Å². The molecule has 0 amide bonds. The van der Waals surface area contributed by atoms with Crippen LogP contribution >= 0.6 is 11.3 Å². The molecule has 5 nitrogen and oxygen atoms in total. The lowest BCUT2D eigenvalue weighted by atomic mass is 9.92. The van der Waals surface area contributed by atoms with E-state index in [-0.39, 0.29) is 23.3 Å². The highest BCUT2D eigenvalue weighted by molar-refractivity contribution is 7.13. The third-order valence-electron chi connectivity index (χ3n) is 6.19. The van der Waals surface area contributed by atoms with E-state index < -0.39 is 29.1 Å². The predicted molar refractivity (Wildman–Crippen MR) is 134 cm³/mol. The number of benzene rings is 3. The van der Waals surface area contributed by atoms with Crippen molar-refractivity contribution in [2.24, 2.45) is 0 Å². The lowest BCUT2D eigenvalue weighted by molar-refractivity contribution is -0.376. The van der Waals surface area contributed by atoms with E-state index >= 15 is 0 Å². The van der Waals surface area contributed by atoms with Gasteiger partial charge < -0.3 is 5.11 Å². The Balaban J connectivity index is 1.70. The summed E-state index contributed by atoms with van der Waals surface area (Å²) in [7, 11) is 0. The summed E-state index contributed by atoms with van der Waals surface area (Å²) in [6, 6.07) is 16.8. The van der Waals surface area contributed by atoms with E-state index in [2.05, 4.69) is 9.97 Å². The highest BCUT2D eigenvalue weighted by atomic mass is 32.1. The minimum absolute atomic E-state index is 0.0181. The van der Waals surface area contributed by atoms with E-state index in [0.29, 0.717) is 28.2 Å². The van der Waals surface area contributed by atoms with Gasteiger partial charge in [0, 0.05) is 29.1 Å². The first kappa shape index (κ1) is 26.6.